The standard InChI is InChI=1S/C19H12BrCl2N3O2/c1-11-2-3-14(9-16(11)21)25-19(26)13(10-24)6-12-7-15(20)18(17(22)8-12)27-5-4-23/h2-3,6-9H,5H2,1H3,(H,25,26)/b13-6-. The van der Waals surface area contributed by atoms with Gasteiger partial charge in [0.25, 0.3) is 5.91 Å². The van der Waals surface area contributed by atoms with Gasteiger partial charge in [-0.05, 0) is 64.3 Å². The minimum Gasteiger partial charge on any atom is -0.476 e. The highest BCUT2D eigenvalue weighted by Crippen LogP contribution is 2.35. The maximum absolute atomic E-state index is 12.4. The van der Waals surface area contributed by atoms with Crippen LogP contribution in [-0.2, 0) is 4.79 Å². The third-order valence-corrected chi connectivity index (χ3v) is 4.68. The van der Waals surface area contributed by atoms with E-state index < -0.39 is 5.91 Å². The van der Waals surface area contributed by atoms with E-state index in [0.29, 0.717) is 26.5 Å². The molecule has 0 unspecified atom stereocenters. The number of benzene rings is 2. The van der Waals surface area contributed by atoms with Crippen molar-refractivity contribution in [2.75, 3.05) is 11.9 Å². The number of hydrogen-bond donors (Lipinski definition) is 1. The van der Waals surface area contributed by atoms with Crippen LogP contribution in [0.4, 0.5) is 5.69 Å². The van der Waals surface area contributed by atoms with Gasteiger partial charge in [0, 0.05) is 10.7 Å². The molecule has 0 aliphatic carbocycles. The van der Waals surface area contributed by atoms with Crippen LogP contribution in [0.2, 0.25) is 10.0 Å². The lowest BCUT2D eigenvalue weighted by atomic mass is 10.1. The molecule has 0 heterocycles. The lowest BCUT2D eigenvalue weighted by Crippen LogP contribution is -2.13. The van der Waals surface area contributed by atoms with Crippen molar-refractivity contribution in [3.05, 3.63) is 61.5 Å². The van der Waals surface area contributed by atoms with Gasteiger partial charge in [-0.15, -0.1) is 0 Å². The Morgan fingerprint density at radius 2 is 2.00 bits per heavy atom. The molecule has 0 bridgehead atoms. The fourth-order valence-corrected chi connectivity index (χ4v) is 3.26. The summed E-state index contributed by atoms with van der Waals surface area (Å²) in [4.78, 5) is 12.4. The van der Waals surface area contributed by atoms with Crippen LogP contribution < -0.4 is 10.1 Å². The molecule has 0 fully saturated rings. The molecule has 2 aromatic carbocycles. The normalized spacial score (nSPS) is 10.7. The van der Waals surface area contributed by atoms with Crippen molar-refractivity contribution < 1.29 is 9.53 Å². The average molecular weight is 465 g/mol. The summed E-state index contributed by atoms with van der Waals surface area (Å²) in [6, 6.07) is 12.0. The number of amides is 1. The fraction of sp³-hybridized carbons (Fsp3) is 0.105. The summed E-state index contributed by atoms with van der Waals surface area (Å²) in [5, 5.41) is 21.3. The third kappa shape index (κ3) is 5.48. The summed E-state index contributed by atoms with van der Waals surface area (Å²) >= 11 is 15.5. The number of rotatable bonds is 5. The number of carbonyl (C=O) groups is 1. The first-order valence-corrected chi connectivity index (χ1v) is 9.08. The number of anilines is 1. The summed E-state index contributed by atoms with van der Waals surface area (Å²) < 4.78 is 5.73. The number of nitrogens with one attached hydrogen (secondary N) is 1. The van der Waals surface area contributed by atoms with Gasteiger partial charge in [-0.1, -0.05) is 29.3 Å². The minimum absolute atomic E-state index is 0.111. The Balaban J connectivity index is 2.27. The van der Waals surface area contributed by atoms with E-state index in [2.05, 4.69) is 21.2 Å². The number of halogens is 3. The predicted molar refractivity (Wildman–Crippen MR) is 109 cm³/mol. The van der Waals surface area contributed by atoms with Crippen LogP contribution >= 0.6 is 39.1 Å². The molecule has 136 valence electrons. The zero-order valence-electron chi connectivity index (χ0n) is 14.0. The maximum Gasteiger partial charge on any atom is 0.266 e. The highest BCUT2D eigenvalue weighted by Gasteiger charge is 2.13. The number of aryl methyl sites for hydroxylation is 1. The van der Waals surface area contributed by atoms with Crippen molar-refractivity contribution in [2.24, 2.45) is 0 Å². The van der Waals surface area contributed by atoms with Crippen molar-refractivity contribution in [2.45, 2.75) is 6.92 Å². The second-order valence-corrected chi connectivity index (χ2v) is 7.02. The van der Waals surface area contributed by atoms with E-state index in [0.717, 1.165) is 5.56 Å². The predicted octanol–water partition coefficient (Wildman–Crippen LogP) is 5.51. The topological polar surface area (TPSA) is 85.9 Å². The van der Waals surface area contributed by atoms with Crippen molar-refractivity contribution in [3.63, 3.8) is 0 Å². The lowest BCUT2D eigenvalue weighted by molar-refractivity contribution is -0.112. The molecule has 2 aromatic rings. The summed E-state index contributed by atoms with van der Waals surface area (Å²) in [6.45, 7) is 1.69. The van der Waals surface area contributed by atoms with Crippen LogP contribution in [0, 0.1) is 29.6 Å². The molecule has 1 amide bonds. The van der Waals surface area contributed by atoms with Crippen LogP contribution in [0.1, 0.15) is 11.1 Å². The molecular formula is C19H12BrCl2N3O2. The summed E-state index contributed by atoms with van der Waals surface area (Å²) in [5.41, 5.74) is 1.77. The molecule has 0 saturated carbocycles. The Morgan fingerprint density at radius 3 is 2.59 bits per heavy atom. The molecule has 1 N–H and O–H groups in total. The van der Waals surface area contributed by atoms with Gasteiger partial charge in [0.1, 0.15) is 17.7 Å². The van der Waals surface area contributed by atoms with E-state index in [1.165, 1.54) is 12.1 Å². The molecule has 2 rings (SSSR count). The van der Waals surface area contributed by atoms with Crippen molar-refractivity contribution in [3.8, 4) is 17.9 Å². The quantitative estimate of drug-likeness (QED) is 0.466. The van der Waals surface area contributed by atoms with Gasteiger partial charge >= 0.3 is 0 Å². The van der Waals surface area contributed by atoms with Gasteiger partial charge in [-0.25, -0.2) is 0 Å². The molecule has 0 spiro atoms. The van der Waals surface area contributed by atoms with Crippen LogP contribution in [0.5, 0.6) is 5.75 Å². The Morgan fingerprint density at radius 1 is 1.26 bits per heavy atom. The monoisotopic (exact) mass is 463 g/mol. The first-order chi connectivity index (χ1) is 12.8. The highest BCUT2D eigenvalue weighted by atomic mass is 79.9. The second kappa shape index (κ2) is 9.43. The number of carbonyl (C=O) groups excluding carboxylic acids is 1. The van der Waals surface area contributed by atoms with Crippen LogP contribution in [0.3, 0.4) is 0 Å². The van der Waals surface area contributed by atoms with Gasteiger partial charge in [0.05, 0.1) is 9.50 Å². The van der Waals surface area contributed by atoms with Crippen molar-refractivity contribution >= 4 is 56.8 Å². The highest BCUT2D eigenvalue weighted by molar-refractivity contribution is 9.10. The van der Waals surface area contributed by atoms with E-state index in [-0.39, 0.29) is 17.2 Å². The number of nitrogens with zero attached hydrogens (tertiary/aromatic N) is 2. The summed E-state index contributed by atoms with van der Waals surface area (Å²) in [5.74, 6) is -0.262. The molecule has 0 aliphatic heterocycles. The first kappa shape index (κ1) is 20.8. The molecule has 5 nitrogen and oxygen atoms in total. The molecule has 27 heavy (non-hydrogen) atoms. The Labute approximate surface area is 174 Å². The Bertz CT molecular complexity index is 984. The summed E-state index contributed by atoms with van der Waals surface area (Å²) in [7, 11) is 0. The molecular weight excluding hydrogens is 453 g/mol. The van der Waals surface area contributed by atoms with Gasteiger partial charge < -0.3 is 10.1 Å². The van der Waals surface area contributed by atoms with Gasteiger partial charge in [0.15, 0.2) is 12.4 Å². The zero-order chi connectivity index (χ0) is 20.0. The van der Waals surface area contributed by atoms with Gasteiger partial charge in [-0.2, -0.15) is 10.5 Å². The van der Waals surface area contributed by atoms with Crippen LogP contribution in [0.15, 0.2) is 40.4 Å². The third-order valence-electron chi connectivity index (χ3n) is 3.41. The van der Waals surface area contributed by atoms with E-state index in [9.17, 15) is 10.1 Å². The van der Waals surface area contributed by atoms with Crippen LogP contribution in [-0.4, -0.2) is 12.5 Å². The molecule has 0 saturated heterocycles. The smallest absolute Gasteiger partial charge is 0.266 e. The van der Waals surface area contributed by atoms with Crippen LogP contribution in [0.25, 0.3) is 6.08 Å². The molecule has 0 aromatic heterocycles. The molecule has 8 heteroatoms. The summed E-state index contributed by atoms with van der Waals surface area (Å²) in [6.07, 6.45) is 1.40. The van der Waals surface area contributed by atoms with E-state index in [1.54, 1.807) is 24.3 Å². The molecule has 0 radical (unpaired) electrons. The molecule has 0 aliphatic rings. The minimum atomic E-state index is -0.575. The number of nitriles is 2. The zero-order valence-corrected chi connectivity index (χ0v) is 17.1. The Kier molecular flexibility index (Phi) is 7.27. The number of ether oxygens (including phenoxy) is 1. The largest absolute Gasteiger partial charge is 0.476 e. The second-order valence-electron chi connectivity index (χ2n) is 5.35. The van der Waals surface area contributed by atoms with Crippen molar-refractivity contribution in [1.82, 2.24) is 0 Å². The Hall–Kier alpha value is -2.51. The average Bonchev–Trinajstić information content (AvgIpc) is 2.62. The van der Waals surface area contributed by atoms with Gasteiger partial charge in [0.2, 0.25) is 0 Å². The van der Waals surface area contributed by atoms with E-state index in [4.69, 9.17) is 33.2 Å². The van der Waals surface area contributed by atoms with E-state index >= 15 is 0 Å². The maximum atomic E-state index is 12.4. The van der Waals surface area contributed by atoms with Gasteiger partial charge in [-0.3, -0.25) is 4.79 Å². The number of hydrogen-bond acceptors (Lipinski definition) is 4. The first-order valence-electron chi connectivity index (χ1n) is 7.53. The lowest BCUT2D eigenvalue weighted by Gasteiger charge is -2.09. The molecule has 0 atom stereocenters. The fourth-order valence-electron chi connectivity index (χ4n) is 2.09. The SMILES string of the molecule is Cc1ccc(NC(=O)/C(C#N)=C\c2cc(Cl)c(OCC#N)c(Br)c2)cc1Cl. The van der Waals surface area contributed by atoms with E-state index in [1.807, 2.05) is 19.1 Å². The van der Waals surface area contributed by atoms with Crippen molar-refractivity contribution in [1.29, 1.82) is 10.5 Å².